The summed E-state index contributed by atoms with van der Waals surface area (Å²) in [6.45, 7) is 2.64. The van der Waals surface area contributed by atoms with E-state index in [4.69, 9.17) is 18.9 Å². The summed E-state index contributed by atoms with van der Waals surface area (Å²) in [5.74, 6) is 1.54. The van der Waals surface area contributed by atoms with Gasteiger partial charge in [-0.2, -0.15) is 0 Å². The van der Waals surface area contributed by atoms with Crippen molar-refractivity contribution in [3.8, 4) is 22.6 Å². The molecule has 5 nitrogen and oxygen atoms in total. The SMILES string of the molecule is O=S1c2ccc(OCC3CO3)cc2-c2cc(OCC3CO3)ccc21. The lowest BCUT2D eigenvalue weighted by molar-refractivity contribution is 0.262. The van der Waals surface area contributed by atoms with Crippen LogP contribution in [0.3, 0.4) is 0 Å². The predicted molar refractivity (Wildman–Crippen MR) is 87.0 cm³/mol. The van der Waals surface area contributed by atoms with Crippen molar-refractivity contribution in [1.82, 2.24) is 0 Å². The van der Waals surface area contributed by atoms with Crippen molar-refractivity contribution >= 4 is 10.8 Å². The Morgan fingerprint density at radius 2 is 1.33 bits per heavy atom. The molecule has 0 saturated carbocycles. The summed E-state index contributed by atoms with van der Waals surface area (Å²) in [7, 11) is -1.15. The van der Waals surface area contributed by atoms with Crippen LogP contribution in [0.4, 0.5) is 0 Å². The van der Waals surface area contributed by atoms with Gasteiger partial charge in [-0.3, -0.25) is 0 Å². The van der Waals surface area contributed by atoms with E-state index in [0.717, 1.165) is 45.6 Å². The number of ether oxygens (including phenoxy) is 4. The van der Waals surface area contributed by atoms with E-state index in [-0.39, 0.29) is 12.2 Å². The molecule has 0 radical (unpaired) electrons. The molecular formula is C18H16O5S. The summed E-state index contributed by atoms with van der Waals surface area (Å²) < 4.78 is 34.5. The van der Waals surface area contributed by atoms with Gasteiger partial charge in [0.15, 0.2) is 0 Å². The van der Waals surface area contributed by atoms with E-state index < -0.39 is 10.8 Å². The summed E-state index contributed by atoms with van der Waals surface area (Å²) in [5.41, 5.74) is 1.90. The van der Waals surface area contributed by atoms with E-state index in [1.165, 1.54) is 0 Å². The van der Waals surface area contributed by atoms with Crippen LogP contribution in [0.5, 0.6) is 11.5 Å². The molecule has 3 aliphatic heterocycles. The van der Waals surface area contributed by atoms with Crippen molar-refractivity contribution < 1.29 is 23.2 Å². The van der Waals surface area contributed by atoms with Crippen LogP contribution in [0.15, 0.2) is 46.2 Å². The molecule has 2 aromatic carbocycles. The Balaban J connectivity index is 1.44. The lowest BCUT2D eigenvalue weighted by Gasteiger charge is -2.08. The minimum absolute atomic E-state index is 0.212. The molecule has 0 amide bonds. The highest BCUT2D eigenvalue weighted by Crippen LogP contribution is 2.43. The summed E-state index contributed by atoms with van der Waals surface area (Å²) in [5, 5.41) is 0. The zero-order chi connectivity index (χ0) is 16.1. The molecule has 0 N–H and O–H groups in total. The lowest BCUT2D eigenvalue weighted by Crippen LogP contribution is -2.04. The molecule has 3 aliphatic rings. The van der Waals surface area contributed by atoms with Gasteiger partial charge in [-0.15, -0.1) is 0 Å². The van der Waals surface area contributed by atoms with Crippen molar-refractivity contribution in [2.45, 2.75) is 22.0 Å². The summed E-state index contributed by atoms with van der Waals surface area (Å²) in [6, 6.07) is 11.4. The monoisotopic (exact) mass is 344 g/mol. The van der Waals surface area contributed by atoms with Gasteiger partial charge in [-0.05, 0) is 36.4 Å². The van der Waals surface area contributed by atoms with Crippen molar-refractivity contribution in [2.75, 3.05) is 26.4 Å². The molecule has 5 rings (SSSR count). The van der Waals surface area contributed by atoms with Gasteiger partial charge in [0.05, 0.1) is 33.8 Å². The highest BCUT2D eigenvalue weighted by atomic mass is 32.2. The fourth-order valence-electron chi connectivity index (χ4n) is 2.77. The fraction of sp³-hybridized carbons (Fsp3) is 0.333. The molecule has 0 aromatic heterocycles. The molecule has 6 heteroatoms. The molecule has 24 heavy (non-hydrogen) atoms. The first kappa shape index (κ1) is 14.5. The third-order valence-corrected chi connectivity index (χ3v) is 5.78. The van der Waals surface area contributed by atoms with Crippen molar-refractivity contribution in [1.29, 1.82) is 0 Å². The number of rotatable bonds is 6. The highest BCUT2D eigenvalue weighted by molar-refractivity contribution is 7.85. The summed E-state index contributed by atoms with van der Waals surface area (Å²) in [6.07, 6.45) is 0.425. The third kappa shape index (κ3) is 2.70. The van der Waals surface area contributed by atoms with Gasteiger partial charge in [0.1, 0.15) is 36.9 Å². The van der Waals surface area contributed by atoms with Crippen molar-refractivity contribution in [3.05, 3.63) is 36.4 Å². The topological polar surface area (TPSA) is 60.6 Å². The second-order valence-corrected chi connectivity index (χ2v) is 7.53. The summed E-state index contributed by atoms with van der Waals surface area (Å²) >= 11 is 0. The molecule has 2 saturated heterocycles. The lowest BCUT2D eigenvalue weighted by atomic mass is 10.1. The number of hydrogen-bond acceptors (Lipinski definition) is 5. The molecular weight excluding hydrogens is 328 g/mol. The largest absolute Gasteiger partial charge is 0.491 e. The maximum atomic E-state index is 12.7. The Morgan fingerprint density at radius 1 is 0.875 bits per heavy atom. The number of epoxide rings is 2. The predicted octanol–water partition coefficient (Wildman–Crippen LogP) is 2.39. The Kier molecular flexibility index (Phi) is 3.36. The Labute approximate surface area is 141 Å². The molecule has 2 aromatic rings. The molecule has 0 aliphatic carbocycles. The summed E-state index contributed by atoms with van der Waals surface area (Å²) in [4.78, 5) is 1.64. The number of hydrogen-bond donors (Lipinski definition) is 0. The Bertz CT molecular complexity index is 759. The standard InChI is InChI=1S/C18H16O5S/c19-24-17-3-1-11(20-7-13-9-22-13)5-15(17)16-6-12(2-4-18(16)24)21-8-14-10-23-14/h1-6,13-14H,7-10H2. The van der Waals surface area contributed by atoms with Crippen LogP contribution in [0.25, 0.3) is 11.1 Å². The van der Waals surface area contributed by atoms with Crippen LogP contribution in [0.1, 0.15) is 0 Å². The van der Waals surface area contributed by atoms with E-state index >= 15 is 0 Å². The zero-order valence-corrected chi connectivity index (χ0v) is 13.7. The molecule has 0 spiro atoms. The van der Waals surface area contributed by atoms with Gasteiger partial charge in [-0.25, -0.2) is 4.21 Å². The molecule has 2 fully saturated rings. The molecule has 2 unspecified atom stereocenters. The van der Waals surface area contributed by atoms with Gasteiger partial charge in [0, 0.05) is 11.1 Å². The van der Waals surface area contributed by atoms with E-state index in [1.54, 1.807) is 0 Å². The van der Waals surface area contributed by atoms with E-state index in [9.17, 15) is 4.21 Å². The van der Waals surface area contributed by atoms with Crippen LogP contribution in [0.2, 0.25) is 0 Å². The number of fused-ring (bicyclic) bond motifs is 3. The molecule has 124 valence electrons. The third-order valence-electron chi connectivity index (χ3n) is 4.27. The average molecular weight is 344 g/mol. The normalized spacial score (nSPS) is 25.8. The van der Waals surface area contributed by atoms with Crippen molar-refractivity contribution in [3.63, 3.8) is 0 Å². The maximum Gasteiger partial charge on any atom is 0.120 e. The van der Waals surface area contributed by atoms with E-state index in [0.29, 0.717) is 13.2 Å². The van der Waals surface area contributed by atoms with Crippen LogP contribution in [-0.2, 0) is 20.3 Å². The average Bonchev–Trinajstić information content (AvgIpc) is 3.52. The van der Waals surface area contributed by atoms with Gasteiger partial charge in [0.25, 0.3) is 0 Å². The molecule has 3 heterocycles. The van der Waals surface area contributed by atoms with E-state index in [1.807, 2.05) is 36.4 Å². The molecule has 2 atom stereocenters. The fourth-order valence-corrected chi connectivity index (χ4v) is 4.12. The molecule has 0 bridgehead atoms. The van der Waals surface area contributed by atoms with Gasteiger partial charge >= 0.3 is 0 Å². The first-order valence-corrected chi connectivity index (χ1v) is 9.12. The Morgan fingerprint density at radius 3 is 1.75 bits per heavy atom. The van der Waals surface area contributed by atoms with Crippen LogP contribution in [0, 0.1) is 0 Å². The Hall–Kier alpha value is -1.89. The quantitative estimate of drug-likeness (QED) is 0.643. The maximum absolute atomic E-state index is 12.7. The first-order valence-electron chi connectivity index (χ1n) is 7.97. The van der Waals surface area contributed by atoms with Gasteiger partial charge in [-0.1, -0.05) is 0 Å². The number of benzene rings is 2. The second kappa shape index (κ2) is 5.58. The van der Waals surface area contributed by atoms with Gasteiger partial charge < -0.3 is 18.9 Å². The van der Waals surface area contributed by atoms with Crippen LogP contribution >= 0.6 is 0 Å². The van der Waals surface area contributed by atoms with E-state index in [2.05, 4.69) is 0 Å². The van der Waals surface area contributed by atoms with Crippen molar-refractivity contribution in [2.24, 2.45) is 0 Å². The van der Waals surface area contributed by atoms with Gasteiger partial charge in [0.2, 0.25) is 0 Å². The smallest absolute Gasteiger partial charge is 0.120 e. The van der Waals surface area contributed by atoms with Crippen LogP contribution < -0.4 is 9.47 Å². The minimum atomic E-state index is -1.15. The van der Waals surface area contributed by atoms with Crippen LogP contribution in [-0.4, -0.2) is 42.8 Å². The first-order chi connectivity index (χ1) is 11.8. The second-order valence-electron chi connectivity index (χ2n) is 6.12. The highest BCUT2D eigenvalue weighted by Gasteiger charge is 2.28. The zero-order valence-electron chi connectivity index (χ0n) is 12.9. The minimum Gasteiger partial charge on any atom is -0.491 e.